The lowest BCUT2D eigenvalue weighted by molar-refractivity contribution is 0.399. The monoisotopic (exact) mass is 307 g/mol. The minimum atomic E-state index is 0. The van der Waals surface area contributed by atoms with E-state index in [9.17, 15) is 0 Å². The molecule has 0 saturated heterocycles. The summed E-state index contributed by atoms with van der Waals surface area (Å²) < 4.78 is 6.33. The van der Waals surface area contributed by atoms with Crippen LogP contribution >= 0.6 is 28.3 Å². The van der Waals surface area contributed by atoms with E-state index < -0.39 is 0 Å². The molecule has 2 N–H and O–H groups in total. The van der Waals surface area contributed by atoms with Gasteiger partial charge in [0.25, 0.3) is 0 Å². The van der Waals surface area contributed by atoms with Gasteiger partial charge in [-0.25, -0.2) is 0 Å². The molecule has 1 aromatic rings. The van der Waals surface area contributed by atoms with Crippen LogP contribution in [-0.4, -0.2) is 7.11 Å². The fourth-order valence-electron chi connectivity index (χ4n) is 1.63. The highest BCUT2D eigenvalue weighted by Crippen LogP contribution is 2.30. The van der Waals surface area contributed by atoms with E-state index >= 15 is 0 Å². The first-order valence-corrected chi connectivity index (χ1v) is 5.93. The zero-order valence-corrected chi connectivity index (χ0v) is 12.3. The lowest BCUT2D eigenvalue weighted by Gasteiger charge is -2.17. The molecule has 0 saturated carbocycles. The van der Waals surface area contributed by atoms with Crippen LogP contribution in [0.5, 0.6) is 5.75 Å². The molecule has 0 amide bonds. The molecule has 92 valence electrons. The lowest BCUT2D eigenvalue weighted by atomic mass is 9.97. The van der Waals surface area contributed by atoms with Crippen molar-refractivity contribution in [3.8, 4) is 5.75 Å². The molecular weight excluding hydrogens is 289 g/mol. The van der Waals surface area contributed by atoms with E-state index in [4.69, 9.17) is 10.5 Å². The van der Waals surface area contributed by atoms with Gasteiger partial charge in [0.1, 0.15) is 5.75 Å². The van der Waals surface area contributed by atoms with Crippen LogP contribution in [0.25, 0.3) is 0 Å². The molecule has 0 bridgehead atoms. The second kappa shape index (κ2) is 7.15. The average Bonchev–Trinajstić information content (AvgIpc) is 2.16. The zero-order valence-electron chi connectivity index (χ0n) is 9.87. The van der Waals surface area contributed by atoms with Crippen molar-refractivity contribution in [2.75, 3.05) is 7.11 Å². The second-order valence-corrected chi connectivity index (χ2v) is 5.04. The van der Waals surface area contributed by atoms with Crippen LogP contribution in [0.15, 0.2) is 22.7 Å². The van der Waals surface area contributed by atoms with Crippen molar-refractivity contribution in [1.82, 2.24) is 0 Å². The summed E-state index contributed by atoms with van der Waals surface area (Å²) >= 11 is 3.42. The van der Waals surface area contributed by atoms with Crippen molar-refractivity contribution in [1.29, 1.82) is 0 Å². The fraction of sp³-hybridized carbons (Fsp3) is 0.500. The highest BCUT2D eigenvalue weighted by molar-refractivity contribution is 9.10. The van der Waals surface area contributed by atoms with Gasteiger partial charge in [0.2, 0.25) is 0 Å². The van der Waals surface area contributed by atoms with Crippen molar-refractivity contribution < 1.29 is 4.74 Å². The van der Waals surface area contributed by atoms with E-state index in [1.807, 2.05) is 18.2 Å². The van der Waals surface area contributed by atoms with Gasteiger partial charge in [0.15, 0.2) is 0 Å². The molecule has 0 aliphatic carbocycles. The quantitative estimate of drug-likeness (QED) is 0.915. The number of hydrogen-bond donors (Lipinski definition) is 1. The molecule has 16 heavy (non-hydrogen) atoms. The van der Waals surface area contributed by atoms with Gasteiger partial charge in [-0.05, 0) is 24.5 Å². The Hall–Kier alpha value is -0.250. The van der Waals surface area contributed by atoms with E-state index in [0.717, 1.165) is 22.2 Å². The number of rotatable bonds is 4. The Morgan fingerprint density at radius 2 is 2.00 bits per heavy atom. The molecule has 2 nitrogen and oxygen atoms in total. The Labute approximate surface area is 112 Å². The summed E-state index contributed by atoms with van der Waals surface area (Å²) in [4.78, 5) is 0. The van der Waals surface area contributed by atoms with Gasteiger partial charge >= 0.3 is 0 Å². The SMILES string of the molecule is COc1cc(Br)ccc1[C@@H](N)CC(C)C.Cl. The van der Waals surface area contributed by atoms with Crippen LogP contribution in [0, 0.1) is 5.92 Å². The highest BCUT2D eigenvalue weighted by atomic mass is 79.9. The van der Waals surface area contributed by atoms with Crippen LogP contribution in [0.2, 0.25) is 0 Å². The van der Waals surface area contributed by atoms with Gasteiger partial charge < -0.3 is 10.5 Å². The van der Waals surface area contributed by atoms with Gasteiger partial charge in [0.05, 0.1) is 7.11 Å². The molecule has 0 fully saturated rings. The number of nitrogens with two attached hydrogens (primary N) is 1. The first-order chi connectivity index (χ1) is 7.04. The number of ether oxygens (including phenoxy) is 1. The predicted molar refractivity (Wildman–Crippen MR) is 74.3 cm³/mol. The lowest BCUT2D eigenvalue weighted by Crippen LogP contribution is -2.13. The Morgan fingerprint density at radius 3 is 2.50 bits per heavy atom. The summed E-state index contributed by atoms with van der Waals surface area (Å²) in [6.45, 7) is 4.34. The molecule has 4 heteroatoms. The highest BCUT2D eigenvalue weighted by Gasteiger charge is 2.13. The summed E-state index contributed by atoms with van der Waals surface area (Å²) in [5, 5.41) is 0. The van der Waals surface area contributed by atoms with Gasteiger partial charge in [-0.1, -0.05) is 35.8 Å². The minimum Gasteiger partial charge on any atom is -0.496 e. The Balaban J connectivity index is 0.00000225. The summed E-state index contributed by atoms with van der Waals surface area (Å²) in [6, 6.07) is 6.02. The Morgan fingerprint density at radius 1 is 1.38 bits per heavy atom. The van der Waals surface area contributed by atoms with Crippen molar-refractivity contribution in [3.63, 3.8) is 0 Å². The summed E-state index contributed by atoms with van der Waals surface area (Å²) in [6.07, 6.45) is 0.970. The van der Waals surface area contributed by atoms with E-state index in [0.29, 0.717) is 5.92 Å². The van der Waals surface area contributed by atoms with Gasteiger partial charge in [0, 0.05) is 16.1 Å². The number of hydrogen-bond acceptors (Lipinski definition) is 2. The maximum Gasteiger partial charge on any atom is 0.124 e. The van der Waals surface area contributed by atoms with E-state index in [-0.39, 0.29) is 18.4 Å². The average molecular weight is 309 g/mol. The van der Waals surface area contributed by atoms with Gasteiger partial charge in [-0.3, -0.25) is 0 Å². The Bertz CT molecular complexity index is 331. The van der Waals surface area contributed by atoms with E-state index in [1.165, 1.54) is 0 Å². The Kier molecular flexibility index (Phi) is 7.04. The summed E-state index contributed by atoms with van der Waals surface area (Å²) in [7, 11) is 1.67. The third-order valence-electron chi connectivity index (χ3n) is 2.32. The number of methoxy groups -OCH3 is 1. The zero-order chi connectivity index (χ0) is 11.4. The summed E-state index contributed by atoms with van der Waals surface area (Å²) in [5.41, 5.74) is 7.21. The minimum absolute atomic E-state index is 0. The van der Waals surface area contributed by atoms with E-state index in [2.05, 4.69) is 29.8 Å². The molecule has 1 rings (SSSR count). The van der Waals surface area contributed by atoms with Crippen LogP contribution in [0.4, 0.5) is 0 Å². The number of halogens is 2. The maximum atomic E-state index is 6.13. The molecule has 1 aromatic carbocycles. The van der Waals surface area contributed by atoms with Crippen LogP contribution in [-0.2, 0) is 0 Å². The normalized spacial score (nSPS) is 12.1. The van der Waals surface area contributed by atoms with Crippen molar-refractivity contribution in [3.05, 3.63) is 28.2 Å². The van der Waals surface area contributed by atoms with Crippen LogP contribution < -0.4 is 10.5 Å². The maximum absolute atomic E-state index is 6.13. The van der Waals surface area contributed by atoms with Crippen molar-refractivity contribution in [2.24, 2.45) is 11.7 Å². The van der Waals surface area contributed by atoms with Gasteiger partial charge in [-0.2, -0.15) is 0 Å². The molecule has 0 aliphatic heterocycles. The molecule has 0 unspecified atom stereocenters. The number of benzene rings is 1. The molecule has 0 heterocycles. The molecular formula is C12H19BrClNO. The topological polar surface area (TPSA) is 35.2 Å². The largest absolute Gasteiger partial charge is 0.496 e. The fourth-order valence-corrected chi connectivity index (χ4v) is 1.97. The smallest absolute Gasteiger partial charge is 0.124 e. The summed E-state index contributed by atoms with van der Waals surface area (Å²) in [5.74, 6) is 1.45. The standard InChI is InChI=1S/C12H18BrNO.ClH/c1-8(2)6-11(14)10-5-4-9(13)7-12(10)15-3;/h4-5,7-8,11H,6,14H2,1-3H3;1H/t11-;/m0./s1. The third kappa shape index (κ3) is 4.32. The molecule has 0 aliphatic rings. The predicted octanol–water partition coefficient (Wildman–Crippen LogP) is 3.93. The van der Waals surface area contributed by atoms with Crippen LogP contribution in [0.3, 0.4) is 0 Å². The first kappa shape index (κ1) is 15.8. The van der Waals surface area contributed by atoms with Crippen molar-refractivity contribution in [2.45, 2.75) is 26.3 Å². The first-order valence-electron chi connectivity index (χ1n) is 5.13. The van der Waals surface area contributed by atoms with Crippen LogP contribution in [0.1, 0.15) is 31.9 Å². The second-order valence-electron chi connectivity index (χ2n) is 4.12. The molecule has 0 aromatic heterocycles. The van der Waals surface area contributed by atoms with Gasteiger partial charge in [-0.15, -0.1) is 12.4 Å². The molecule has 0 spiro atoms. The third-order valence-corrected chi connectivity index (χ3v) is 2.81. The van der Waals surface area contributed by atoms with Crippen molar-refractivity contribution >= 4 is 28.3 Å². The molecule has 1 atom stereocenters. The van der Waals surface area contributed by atoms with E-state index in [1.54, 1.807) is 7.11 Å². The molecule has 0 radical (unpaired) electrons.